The molecule has 0 aromatic carbocycles. The van der Waals surface area contributed by atoms with Gasteiger partial charge < -0.3 is 20.2 Å². The van der Waals surface area contributed by atoms with Crippen LogP contribution in [0.5, 0.6) is 0 Å². The zero-order valence-electron chi connectivity index (χ0n) is 12.7. The molecular formula is C14H18N6O3. The van der Waals surface area contributed by atoms with Gasteiger partial charge in [0.1, 0.15) is 5.69 Å². The van der Waals surface area contributed by atoms with Crippen LogP contribution in [0.2, 0.25) is 0 Å². The van der Waals surface area contributed by atoms with Gasteiger partial charge in [-0.25, -0.2) is 9.48 Å². The van der Waals surface area contributed by atoms with Crippen molar-refractivity contribution in [3.8, 4) is 0 Å². The van der Waals surface area contributed by atoms with Gasteiger partial charge in [0.2, 0.25) is 0 Å². The fourth-order valence-corrected chi connectivity index (χ4v) is 2.65. The van der Waals surface area contributed by atoms with E-state index in [4.69, 9.17) is 0 Å². The molecule has 1 fully saturated rings. The Morgan fingerprint density at radius 3 is 3.00 bits per heavy atom. The number of aryl methyl sites for hydroxylation is 1. The standard InChI is InChI=1S/C14H18N6O3/c1-19-12(21)4-10(6-17-19)20-3-2-9(8-20)5-15-13(22)11-7-16-14(23)18-11/h4,6-7,9H,2-3,5,8H2,1H3,(H,15,22)(H2,16,18,23)/t9-/m1/s1. The summed E-state index contributed by atoms with van der Waals surface area (Å²) >= 11 is 0. The highest BCUT2D eigenvalue weighted by atomic mass is 16.2. The second-order valence-corrected chi connectivity index (χ2v) is 5.64. The third-order valence-corrected chi connectivity index (χ3v) is 4.00. The molecule has 0 aliphatic carbocycles. The number of rotatable bonds is 4. The summed E-state index contributed by atoms with van der Waals surface area (Å²) in [4.78, 5) is 41.4. The van der Waals surface area contributed by atoms with Crippen molar-refractivity contribution in [2.75, 3.05) is 24.5 Å². The lowest BCUT2D eigenvalue weighted by atomic mass is 10.1. The first-order valence-corrected chi connectivity index (χ1v) is 7.37. The predicted octanol–water partition coefficient (Wildman–Crippen LogP) is -0.947. The van der Waals surface area contributed by atoms with Gasteiger partial charge in [-0.3, -0.25) is 9.59 Å². The average molecular weight is 318 g/mol. The summed E-state index contributed by atoms with van der Waals surface area (Å²) in [5, 5.41) is 6.83. The van der Waals surface area contributed by atoms with E-state index in [1.165, 1.54) is 10.9 Å². The third kappa shape index (κ3) is 3.33. The van der Waals surface area contributed by atoms with Crippen molar-refractivity contribution in [3.63, 3.8) is 0 Å². The number of anilines is 1. The summed E-state index contributed by atoms with van der Waals surface area (Å²) in [5.74, 6) is -0.0225. The highest BCUT2D eigenvalue weighted by molar-refractivity contribution is 5.91. The summed E-state index contributed by atoms with van der Waals surface area (Å²) in [6.45, 7) is 2.08. The minimum absolute atomic E-state index is 0.143. The van der Waals surface area contributed by atoms with E-state index < -0.39 is 5.69 Å². The molecule has 9 heteroatoms. The number of carbonyl (C=O) groups is 1. The topological polar surface area (TPSA) is 116 Å². The summed E-state index contributed by atoms with van der Waals surface area (Å²) in [6, 6.07) is 1.57. The fourth-order valence-electron chi connectivity index (χ4n) is 2.65. The highest BCUT2D eigenvalue weighted by Gasteiger charge is 2.24. The zero-order valence-corrected chi connectivity index (χ0v) is 12.7. The molecule has 1 aliphatic heterocycles. The average Bonchev–Trinajstić information content (AvgIpc) is 3.17. The van der Waals surface area contributed by atoms with Crippen LogP contribution in [-0.2, 0) is 7.05 Å². The number of nitrogens with one attached hydrogen (secondary N) is 3. The van der Waals surface area contributed by atoms with Crippen LogP contribution < -0.4 is 21.5 Å². The molecule has 3 heterocycles. The smallest absolute Gasteiger partial charge is 0.323 e. The molecule has 0 bridgehead atoms. The second-order valence-electron chi connectivity index (χ2n) is 5.64. The van der Waals surface area contributed by atoms with E-state index in [0.29, 0.717) is 6.54 Å². The van der Waals surface area contributed by atoms with Crippen LogP contribution in [0.25, 0.3) is 0 Å². The van der Waals surface area contributed by atoms with Crippen LogP contribution in [0.15, 0.2) is 28.0 Å². The molecule has 9 nitrogen and oxygen atoms in total. The van der Waals surface area contributed by atoms with E-state index in [0.717, 1.165) is 25.2 Å². The van der Waals surface area contributed by atoms with Gasteiger partial charge >= 0.3 is 5.69 Å². The highest BCUT2D eigenvalue weighted by Crippen LogP contribution is 2.21. The molecule has 122 valence electrons. The Balaban J connectivity index is 1.55. The number of nitrogens with zero attached hydrogens (tertiary/aromatic N) is 3. The lowest BCUT2D eigenvalue weighted by Gasteiger charge is -2.18. The molecular weight excluding hydrogens is 300 g/mol. The largest absolute Gasteiger partial charge is 0.370 e. The van der Waals surface area contributed by atoms with Crippen LogP contribution in [0.1, 0.15) is 16.9 Å². The van der Waals surface area contributed by atoms with E-state index in [9.17, 15) is 14.4 Å². The molecule has 0 saturated carbocycles. The number of amides is 1. The van der Waals surface area contributed by atoms with Gasteiger partial charge in [-0.05, 0) is 12.3 Å². The van der Waals surface area contributed by atoms with Gasteiger partial charge in [-0.2, -0.15) is 5.10 Å². The summed E-state index contributed by atoms with van der Waals surface area (Å²) < 4.78 is 1.29. The lowest BCUT2D eigenvalue weighted by molar-refractivity contribution is 0.0943. The maximum Gasteiger partial charge on any atom is 0.323 e. The number of imidazole rings is 1. The first kappa shape index (κ1) is 15.1. The Morgan fingerprint density at radius 2 is 2.30 bits per heavy atom. The van der Waals surface area contributed by atoms with Crippen LogP contribution in [0.4, 0.5) is 5.69 Å². The van der Waals surface area contributed by atoms with Crippen molar-refractivity contribution < 1.29 is 4.79 Å². The third-order valence-electron chi connectivity index (χ3n) is 4.00. The summed E-state index contributed by atoms with van der Waals surface area (Å²) in [6.07, 6.45) is 3.94. The zero-order chi connectivity index (χ0) is 16.4. The number of hydrogen-bond donors (Lipinski definition) is 3. The molecule has 1 amide bonds. The number of aromatic amines is 2. The molecule has 2 aromatic heterocycles. The van der Waals surface area contributed by atoms with Gasteiger partial charge in [0.25, 0.3) is 11.5 Å². The minimum atomic E-state index is -0.402. The molecule has 23 heavy (non-hydrogen) atoms. The van der Waals surface area contributed by atoms with Crippen molar-refractivity contribution in [3.05, 3.63) is 45.0 Å². The van der Waals surface area contributed by atoms with Crippen molar-refractivity contribution in [2.24, 2.45) is 13.0 Å². The van der Waals surface area contributed by atoms with Gasteiger partial charge in [0.05, 0.1) is 11.9 Å². The first-order valence-electron chi connectivity index (χ1n) is 7.37. The number of H-pyrrole nitrogens is 2. The Labute approximate surface area is 131 Å². The van der Waals surface area contributed by atoms with Gasteiger partial charge in [0, 0.05) is 38.9 Å². The van der Waals surface area contributed by atoms with Crippen LogP contribution in [0, 0.1) is 5.92 Å². The van der Waals surface area contributed by atoms with Crippen LogP contribution >= 0.6 is 0 Å². The molecule has 3 rings (SSSR count). The molecule has 0 spiro atoms. The molecule has 3 N–H and O–H groups in total. The first-order chi connectivity index (χ1) is 11.0. The van der Waals surface area contributed by atoms with Gasteiger partial charge in [0.15, 0.2) is 0 Å². The van der Waals surface area contributed by atoms with Crippen LogP contribution in [0.3, 0.4) is 0 Å². The number of aromatic nitrogens is 4. The quantitative estimate of drug-likeness (QED) is 0.672. The lowest BCUT2D eigenvalue weighted by Crippen LogP contribution is -2.31. The van der Waals surface area contributed by atoms with Crippen molar-refractivity contribution in [2.45, 2.75) is 6.42 Å². The number of carbonyl (C=O) groups excluding carboxylic acids is 1. The molecule has 0 radical (unpaired) electrons. The number of hydrogen-bond acceptors (Lipinski definition) is 5. The van der Waals surface area contributed by atoms with Crippen molar-refractivity contribution >= 4 is 11.6 Å². The summed E-state index contributed by atoms with van der Waals surface area (Å²) in [5.41, 5.74) is 0.480. The Morgan fingerprint density at radius 1 is 1.48 bits per heavy atom. The van der Waals surface area contributed by atoms with Gasteiger partial charge in [-0.1, -0.05) is 0 Å². The molecule has 0 unspecified atom stereocenters. The molecule has 2 aromatic rings. The SMILES string of the molecule is Cn1ncc(N2CC[C@H](CNC(=O)c3c[nH]c(=O)[nH]3)C2)cc1=O. The van der Waals surface area contributed by atoms with Crippen LogP contribution in [-0.4, -0.2) is 45.3 Å². The van der Waals surface area contributed by atoms with E-state index in [1.54, 1.807) is 19.3 Å². The Bertz CT molecular complexity index is 820. The summed E-state index contributed by atoms with van der Waals surface area (Å²) in [7, 11) is 1.61. The Hall–Kier alpha value is -2.84. The van der Waals surface area contributed by atoms with E-state index >= 15 is 0 Å². The molecule has 1 saturated heterocycles. The maximum absolute atomic E-state index is 11.9. The monoisotopic (exact) mass is 318 g/mol. The Kier molecular flexibility index (Phi) is 4.00. The fraction of sp³-hybridized carbons (Fsp3) is 0.429. The molecule has 1 aliphatic rings. The van der Waals surface area contributed by atoms with E-state index in [2.05, 4.69) is 25.3 Å². The van der Waals surface area contributed by atoms with Gasteiger partial charge in [-0.15, -0.1) is 0 Å². The van der Waals surface area contributed by atoms with Crippen molar-refractivity contribution in [1.29, 1.82) is 0 Å². The predicted molar refractivity (Wildman–Crippen MR) is 83.5 cm³/mol. The minimum Gasteiger partial charge on any atom is -0.370 e. The maximum atomic E-state index is 11.9. The molecule has 1 atom stereocenters. The van der Waals surface area contributed by atoms with E-state index in [-0.39, 0.29) is 23.1 Å². The van der Waals surface area contributed by atoms with Crippen molar-refractivity contribution in [1.82, 2.24) is 25.1 Å². The van der Waals surface area contributed by atoms with E-state index in [1.807, 2.05) is 0 Å². The normalized spacial score (nSPS) is 17.4. The second kappa shape index (κ2) is 6.11.